The molecular formula is C14H17NO5S2. The van der Waals surface area contributed by atoms with Gasteiger partial charge in [-0.3, -0.25) is 4.79 Å². The Morgan fingerprint density at radius 2 is 2.27 bits per heavy atom. The molecule has 1 aliphatic rings. The molecule has 0 saturated carbocycles. The van der Waals surface area contributed by atoms with Crippen LogP contribution in [0.3, 0.4) is 0 Å². The van der Waals surface area contributed by atoms with Gasteiger partial charge in [0.2, 0.25) is 0 Å². The first-order chi connectivity index (χ1) is 10.4. The van der Waals surface area contributed by atoms with E-state index >= 15 is 0 Å². The Labute approximate surface area is 133 Å². The van der Waals surface area contributed by atoms with Gasteiger partial charge in [-0.1, -0.05) is 0 Å². The third-order valence-electron chi connectivity index (χ3n) is 3.22. The maximum Gasteiger partial charge on any atom is 0.331 e. The Kier molecular flexibility index (Phi) is 5.36. The Hall–Kier alpha value is -1.67. The molecule has 2 heterocycles. The van der Waals surface area contributed by atoms with Gasteiger partial charge in [0.25, 0.3) is 5.91 Å². The van der Waals surface area contributed by atoms with E-state index in [0.29, 0.717) is 6.42 Å². The minimum absolute atomic E-state index is 0.0513. The zero-order chi connectivity index (χ0) is 16.2. The highest BCUT2D eigenvalue weighted by Crippen LogP contribution is 2.17. The molecule has 1 atom stereocenters. The van der Waals surface area contributed by atoms with Crippen LogP contribution in [0.1, 0.15) is 16.9 Å². The highest BCUT2D eigenvalue weighted by Gasteiger charge is 2.28. The molecule has 1 fully saturated rings. The molecule has 0 aromatic carbocycles. The Balaban J connectivity index is 1.73. The maximum atomic E-state index is 11.6. The van der Waals surface area contributed by atoms with Crippen molar-refractivity contribution >= 4 is 39.1 Å². The van der Waals surface area contributed by atoms with Gasteiger partial charge in [-0.05, 0) is 36.4 Å². The number of hydrogen-bond donors (Lipinski definition) is 1. The van der Waals surface area contributed by atoms with Gasteiger partial charge in [0, 0.05) is 17.0 Å². The fourth-order valence-electron chi connectivity index (χ4n) is 2.06. The number of carbonyl (C=O) groups excluding carboxylic acids is 2. The first kappa shape index (κ1) is 16.7. The summed E-state index contributed by atoms with van der Waals surface area (Å²) in [5.74, 6) is -1.07. The Morgan fingerprint density at radius 3 is 2.86 bits per heavy atom. The summed E-state index contributed by atoms with van der Waals surface area (Å²) in [5, 5.41) is 4.47. The molecule has 0 radical (unpaired) electrons. The lowest BCUT2D eigenvalue weighted by Crippen LogP contribution is -2.38. The average molecular weight is 343 g/mol. The van der Waals surface area contributed by atoms with Gasteiger partial charge in [0.1, 0.15) is 0 Å². The van der Waals surface area contributed by atoms with E-state index < -0.39 is 28.3 Å². The van der Waals surface area contributed by atoms with Gasteiger partial charge in [0.05, 0.1) is 11.5 Å². The molecule has 1 N–H and O–H groups in total. The highest BCUT2D eigenvalue weighted by molar-refractivity contribution is 7.91. The monoisotopic (exact) mass is 343 g/mol. The minimum atomic E-state index is -3.04. The summed E-state index contributed by atoms with van der Waals surface area (Å²) in [7, 11) is -3.04. The van der Waals surface area contributed by atoms with Crippen molar-refractivity contribution in [2.24, 2.45) is 0 Å². The summed E-state index contributed by atoms with van der Waals surface area (Å²) in [6, 6.07) is 1.55. The van der Waals surface area contributed by atoms with E-state index in [1.54, 1.807) is 6.08 Å². The number of ether oxygens (including phenoxy) is 1. The van der Waals surface area contributed by atoms with Crippen LogP contribution in [0, 0.1) is 6.92 Å². The number of aryl methyl sites for hydroxylation is 1. The quantitative estimate of drug-likeness (QED) is 0.634. The molecule has 6 nitrogen and oxygen atoms in total. The SMILES string of the molecule is Cc1ccsc1/C=C/C(=O)OCC(=O)N[C@@H]1CCS(=O)(=O)C1. The lowest BCUT2D eigenvalue weighted by Gasteiger charge is -2.10. The zero-order valence-corrected chi connectivity index (χ0v) is 13.7. The van der Waals surface area contributed by atoms with E-state index in [9.17, 15) is 18.0 Å². The van der Waals surface area contributed by atoms with Crippen molar-refractivity contribution in [1.82, 2.24) is 5.32 Å². The molecule has 0 unspecified atom stereocenters. The number of rotatable bonds is 5. The number of thiophene rings is 1. The lowest BCUT2D eigenvalue weighted by molar-refractivity contribution is -0.143. The molecule has 1 aromatic rings. The summed E-state index contributed by atoms with van der Waals surface area (Å²) < 4.78 is 27.4. The van der Waals surface area contributed by atoms with Crippen LogP contribution in [-0.2, 0) is 24.2 Å². The predicted octanol–water partition coefficient (Wildman–Crippen LogP) is 0.916. The van der Waals surface area contributed by atoms with Crippen molar-refractivity contribution in [2.75, 3.05) is 18.1 Å². The molecule has 120 valence electrons. The van der Waals surface area contributed by atoms with E-state index in [4.69, 9.17) is 4.74 Å². The molecular weight excluding hydrogens is 326 g/mol. The summed E-state index contributed by atoms with van der Waals surface area (Å²) >= 11 is 1.51. The number of sulfone groups is 1. The first-order valence-electron chi connectivity index (χ1n) is 6.74. The molecule has 1 aliphatic heterocycles. The van der Waals surface area contributed by atoms with Crippen molar-refractivity contribution in [3.8, 4) is 0 Å². The van der Waals surface area contributed by atoms with Crippen LogP contribution in [-0.4, -0.2) is 44.4 Å². The van der Waals surface area contributed by atoms with Crippen LogP contribution < -0.4 is 5.32 Å². The average Bonchev–Trinajstić information content (AvgIpc) is 2.99. The van der Waals surface area contributed by atoms with E-state index in [2.05, 4.69) is 5.32 Å². The first-order valence-corrected chi connectivity index (χ1v) is 9.44. The Bertz CT molecular complexity index is 690. The molecule has 2 rings (SSSR count). The van der Waals surface area contributed by atoms with Crippen molar-refractivity contribution < 1.29 is 22.7 Å². The van der Waals surface area contributed by atoms with Gasteiger partial charge >= 0.3 is 5.97 Å². The molecule has 0 spiro atoms. The number of carbonyl (C=O) groups is 2. The van der Waals surface area contributed by atoms with Crippen LogP contribution >= 0.6 is 11.3 Å². The van der Waals surface area contributed by atoms with Crippen molar-refractivity contribution in [2.45, 2.75) is 19.4 Å². The molecule has 22 heavy (non-hydrogen) atoms. The van der Waals surface area contributed by atoms with Crippen molar-refractivity contribution in [3.63, 3.8) is 0 Å². The zero-order valence-electron chi connectivity index (χ0n) is 12.1. The predicted molar refractivity (Wildman–Crippen MR) is 84.3 cm³/mol. The maximum absolute atomic E-state index is 11.6. The van der Waals surface area contributed by atoms with Crippen LogP contribution in [0.5, 0.6) is 0 Å². The van der Waals surface area contributed by atoms with Gasteiger partial charge < -0.3 is 10.1 Å². The molecule has 8 heteroatoms. The summed E-state index contributed by atoms with van der Waals surface area (Å²) in [5.41, 5.74) is 1.06. The topological polar surface area (TPSA) is 89.5 Å². The molecule has 1 saturated heterocycles. The van der Waals surface area contributed by atoms with E-state index in [0.717, 1.165) is 10.4 Å². The standard InChI is InChI=1S/C14H17NO5S2/c1-10-4-6-21-12(10)2-3-14(17)20-8-13(16)15-11-5-7-22(18,19)9-11/h2-4,6,11H,5,7-9H2,1H3,(H,15,16)/b3-2+/t11-/m1/s1. The van der Waals surface area contributed by atoms with E-state index in [1.165, 1.54) is 17.4 Å². The largest absolute Gasteiger partial charge is 0.452 e. The van der Waals surface area contributed by atoms with Gasteiger partial charge in [-0.15, -0.1) is 11.3 Å². The molecule has 0 aliphatic carbocycles. The third-order valence-corrected chi connectivity index (χ3v) is 5.97. The normalized spacial score (nSPS) is 20.1. The molecule has 0 bridgehead atoms. The highest BCUT2D eigenvalue weighted by atomic mass is 32.2. The number of hydrogen-bond acceptors (Lipinski definition) is 6. The number of esters is 1. The summed E-state index contributed by atoms with van der Waals surface area (Å²) in [6.45, 7) is 1.52. The molecule has 1 amide bonds. The third kappa shape index (κ3) is 4.96. The second kappa shape index (κ2) is 7.06. The lowest BCUT2D eigenvalue weighted by atomic mass is 10.2. The van der Waals surface area contributed by atoms with E-state index in [-0.39, 0.29) is 17.5 Å². The summed E-state index contributed by atoms with van der Waals surface area (Å²) in [4.78, 5) is 24.1. The second-order valence-electron chi connectivity index (χ2n) is 5.08. The van der Waals surface area contributed by atoms with Gasteiger partial charge in [-0.25, -0.2) is 13.2 Å². The van der Waals surface area contributed by atoms with Gasteiger partial charge in [0.15, 0.2) is 16.4 Å². The van der Waals surface area contributed by atoms with E-state index in [1.807, 2.05) is 18.4 Å². The summed E-state index contributed by atoms with van der Waals surface area (Å²) in [6.07, 6.45) is 3.31. The molecule has 1 aromatic heterocycles. The fraction of sp³-hybridized carbons (Fsp3) is 0.429. The van der Waals surface area contributed by atoms with Crippen molar-refractivity contribution in [3.05, 3.63) is 28.0 Å². The number of nitrogens with one attached hydrogen (secondary N) is 1. The van der Waals surface area contributed by atoms with Crippen LogP contribution in [0.15, 0.2) is 17.5 Å². The second-order valence-corrected chi connectivity index (χ2v) is 8.25. The minimum Gasteiger partial charge on any atom is -0.452 e. The van der Waals surface area contributed by atoms with Crippen LogP contribution in [0.2, 0.25) is 0 Å². The number of amides is 1. The Morgan fingerprint density at radius 1 is 1.50 bits per heavy atom. The van der Waals surface area contributed by atoms with Crippen LogP contribution in [0.4, 0.5) is 0 Å². The fourth-order valence-corrected chi connectivity index (χ4v) is 4.55. The van der Waals surface area contributed by atoms with Crippen molar-refractivity contribution in [1.29, 1.82) is 0 Å². The smallest absolute Gasteiger partial charge is 0.331 e. The van der Waals surface area contributed by atoms with Crippen LogP contribution in [0.25, 0.3) is 6.08 Å². The van der Waals surface area contributed by atoms with Gasteiger partial charge in [-0.2, -0.15) is 0 Å².